The minimum atomic E-state index is 0.844. The summed E-state index contributed by atoms with van der Waals surface area (Å²) in [5, 5.41) is 14.2. The normalized spacial score (nSPS) is 10.0. The molecule has 0 aliphatic carbocycles. The highest BCUT2D eigenvalue weighted by Gasteiger charge is 1.93. The topological polar surface area (TPSA) is 49.8 Å². The molecule has 0 unspecified atom stereocenters. The summed E-state index contributed by atoms with van der Waals surface area (Å²) in [4.78, 5) is 0. The number of halogens is 1. The highest BCUT2D eigenvalue weighted by Crippen LogP contribution is 2.03. The predicted octanol–water partition coefficient (Wildman–Crippen LogP) is 1.10. The van der Waals surface area contributed by atoms with Gasteiger partial charge in [0.15, 0.2) is 0 Å². The Kier molecular flexibility index (Phi) is 4.99. The SMILES string of the molecule is CNCCCNc1ccc(I)nn1. The van der Waals surface area contributed by atoms with Crippen molar-refractivity contribution < 1.29 is 0 Å². The van der Waals surface area contributed by atoms with Crippen molar-refractivity contribution in [1.29, 1.82) is 0 Å². The van der Waals surface area contributed by atoms with Crippen LogP contribution in [0.4, 0.5) is 5.82 Å². The summed E-state index contributed by atoms with van der Waals surface area (Å²) in [6.45, 7) is 1.95. The molecule has 4 nitrogen and oxygen atoms in total. The highest BCUT2D eigenvalue weighted by molar-refractivity contribution is 14.1. The van der Waals surface area contributed by atoms with Crippen LogP contribution in [-0.4, -0.2) is 30.3 Å². The summed E-state index contributed by atoms with van der Waals surface area (Å²) in [5.41, 5.74) is 0. The predicted molar refractivity (Wildman–Crippen MR) is 61.8 cm³/mol. The lowest BCUT2D eigenvalue weighted by Crippen LogP contribution is -2.13. The summed E-state index contributed by atoms with van der Waals surface area (Å²) in [6, 6.07) is 3.88. The van der Waals surface area contributed by atoms with Crippen LogP contribution in [0.3, 0.4) is 0 Å². The zero-order chi connectivity index (χ0) is 9.52. The largest absolute Gasteiger partial charge is 0.369 e. The molecule has 0 aliphatic rings. The molecule has 0 spiro atoms. The molecule has 5 heteroatoms. The molecule has 0 amide bonds. The fourth-order valence-corrected chi connectivity index (χ4v) is 1.18. The van der Waals surface area contributed by atoms with E-state index in [2.05, 4.69) is 43.4 Å². The first-order valence-corrected chi connectivity index (χ1v) is 5.28. The van der Waals surface area contributed by atoms with Gasteiger partial charge in [-0.25, -0.2) is 0 Å². The van der Waals surface area contributed by atoms with E-state index in [-0.39, 0.29) is 0 Å². The van der Waals surface area contributed by atoms with E-state index in [1.807, 2.05) is 19.2 Å². The third-order valence-corrected chi connectivity index (χ3v) is 2.12. The van der Waals surface area contributed by atoms with Crippen LogP contribution in [0.2, 0.25) is 0 Å². The van der Waals surface area contributed by atoms with Crippen LogP contribution in [0.1, 0.15) is 6.42 Å². The van der Waals surface area contributed by atoms with Crippen molar-refractivity contribution in [3.05, 3.63) is 15.8 Å². The Bertz CT molecular complexity index is 236. The van der Waals surface area contributed by atoms with Gasteiger partial charge in [0.1, 0.15) is 9.52 Å². The van der Waals surface area contributed by atoms with Crippen LogP contribution in [0, 0.1) is 3.70 Å². The molecule has 0 bridgehead atoms. The molecule has 0 aromatic carbocycles. The molecular weight excluding hydrogens is 279 g/mol. The van der Waals surface area contributed by atoms with Gasteiger partial charge in [-0.3, -0.25) is 0 Å². The molecule has 0 radical (unpaired) electrons. The molecule has 0 aliphatic heterocycles. The standard InChI is InChI=1S/C8H13IN4/c1-10-5-2-6-11-8-4-3-7(9)12-13-8/h3-4,10H,2,5-6H2,1H3,(H,11,13). The molecular formula is C8H13IN4. The van der Waals surface area contributed by atoms with Gasteiger partial charge < -0.3 is 10.6 Å². The summed E-state index contributed by atoms with van der Waals surface area (Å²) in [5.74, 6) is 0.844. The Hall–Kier alpha value is -0.430. The molecule has 1 aromatic rings. The number of hydrogen-bond donors (Lipinski definition) is 2. The summed E-state index contributed by atoms with van der Waals surface area (Å²) in [7, 11) is 1.95. The second kappa shape index (κ2) is 6.09. The number of rotatable bonds is 5. The molecule has 0 atom stereocenters. The third kappa shape index (κ3) is 4.37. The first kappa shape index (κ1) is 10.6. The lowest BCUT2D eigenvalue weighted by Gasteiger charge is -2.03. The van der Waals surface area contributed by atoms with E-state index in [1.165, 1.54) is 0 Å². The van der Waals surface area contributed by atoms with Crippen LogP contribution in [-0.2, 0) is 0 Å². The number of nitrogens with one attached hydrogen (secondary N) is 2. The zero-order valence-corrected chi connectivity index (χ0v) is 9.71. The molecule has 1 rings (SSSR count). The van der Waals surface area contributed by atoms with Crippen molar-refractivity contribution in [3.63, 3.8) is 0 Å². The van der Waals surface area contributed by atoms with E-state index in [0.717, 1.165) is 29.0 Å². The van der Waals surface area contributed by atoms with E-state index in [0.29, 0.717) is 0 Å². The van der Waals surface area contributed by atoms with Crippen molar-refractivity contribution in [2.75, 3.05) is 25.5 Å². The molecule has 0 fully saturated rings. The molecule has 2 N–H and O–H groups in total. The lowest BCUT2D eigenvalue weighted by molar-refractivity contribution is 0.745. The Morgan fingerprint density at radius 2 is 2.15 bits per heavy atom. The van der Waals surface area contributed by atoms with Crippen LogP contribution in [0.25, 0.3) is 0 Å². The van der Waals surface area contributed by atoms with Gasteiger partial charge in [0.25, 0.3) is 0 Å². The molecule has 1 aromatic heterocycles. The Labute approximate surface area is 91.7 Å². The van der Waals surface area contributed by atoms with Crippen LogP contribution in [0.5, 0.6) is 0 Å². The van der Waals surface area contributed by atoms with Crippen LogP contribution >= 0.6 is 22.6 Å². The molecule has 0 saturated heterocycles. The van der Waals surface area contributed by atoms with Crippen molar-refractivity contribution >= 4 is 28.4 Å². The number of anilines is 1. The fraction of sp³-hybridized carbons (Fsp3) is 0.500. The number of nitrogens with zero attached hydrogens (tertiary/aromatic N) is 2. The van der Waals surface area contributed by atoms with Crippen LogP contribution < -0.4 is 10.6 Å². The highest BCUT2D eigenvalue weighted by atomic mass is 127. The van der Waals surface area contributed by atoms with Gasteiger partial charge in [0, 0.05) is 6.54 Å². The average molecular weight is 292 g/mol. The van der Waals surface area contributed by atoms with Gasteiger partial charge in [0.2, 0.25) is 0 Å². The summed E-state index contributed by atoms with van der Waals surface area (Å²) >= 11 is 2.14. The second-order valence-electron chi connectivity index (χ2n) is 2.63. The van der Waals surface area contributed by atoms with Crippen molar-refractivity contribution in [2.45, 2.75) is 6.42 Å². The fourth-order valence-electron chi connectivity index (χ4n) is 0.892. The minimum absolute atomic E-state index is 0.844. The first-order chi connectivity index (χ1) is 6.33. The molecule has 0 saturated carbocycles. The van der Waals surface area contributed by atoms with Crippen LogP contribution in [0.15, 0.2) is 12.1 Å². The van der Waals surface area contributed by atoms with Crippen molar-refractivity contribution in [3.8, 4) is 0 Å². The van der Waals surface area contributed by atoms with E-state index >= 15 is 0 Å². The van der Waals surface area contributed by atoms with Gasteiger partial charge in [-0.15, -0.1) is 10.2 Å². The quantitative estimate of drug-likeness (QED) is 0.630. The maximum Gasteiger partial charge on any atom is 0.148 e. The monoisotopic (exact) mass is 292 g/mol. The first-order valence-electron chi connectivity index (χ1n) is 4.20. The lowest BCUT2D eigenvalue weighted by atomic mass is 10.4. The second-order valence-corrected chi connectivity index (χ2v) is 3.73. The van der Waals surface area contributed by atoms with Gasteiger partial charge in [-0.2, -0.15) is 0 Å². The Morgan fingerprint density at radius 3 is 2.77 bits per heavy atom. The van der Waals surface area contributed by atoms with Gasteiger partial charge >= 0.3 is 0 Å². The Morgan fingerprint density at radius 1 is 1.31 bits per heavy atom. The van der Waals surface area contributed by atoms with Crippen molar-refractivity contribution in [2.24, 2.45) is 0 Å². The smallest absolute Gasteiger partial charge is 0.148 e. The molecule has 72 valence electrons. The van der Waals surface area contributed by atoms with E-state index < -0.39 is 0 Å². The van der Waals surface area contributed by atoms with E-state index in [4.69, 9.17) is 0 Å². The third-order valence-electron chi connectivity index (χ3n) is 1.54. The average Bonchev–Trinajstić information content (AvgIpc) is 2.15. The maximum atomic E-state index is 3.99. The van der Waals surface area contributed by atoms with E-state index in [1.54, 1.807) is 0 Å². The summed E-state index contributed by atoms with van der Waals surface area (Å²) < 4.78 is 0.915. The van der Waals surface area contributed by atoms with E-state index in [9.17, 15) is 0 Å². The zero-order valence-electron chi connectivity index (χ0n) is 7.55. The number of aromatic nitrogens is 2. The summed E-state index contributed by atoms with van der Waals surface area (Å²) in [6.07, 6.45) is 1.09. The van der Waals surface area contributed by atoms with Gasteiger partial charge in [-0.1, -0.05) is 0 Å². The number of hydrogen-bond acceptors (Lipinski definition) is 4. The maximum absolute atomic E-state index is 3.99. The van der Waals surface area contributed by atoms with Gasteiger partial charge in [0.05, 0.1) is 0 Å². The van der Waals surface area contributed by atoms with Gasteiger partial charge in [-0.05, 0) is 54.7 Å². The molecule has 1 heterocycles. The molecule has 13 heavy (non-hydrogen) atoms. The minimum Gasteiger partial charge on any atom is -0.369 e. The Balaban J connectivity index is 2.25. The van der Waals surface area contributed by atoms with Crippen molar-refractivity contribution in [1.82, 2.24) is 15.5 Å².